The van der Waals surface area contributed by atoms with Crippen LogP contribution in [0, 0.1) is 0 Å². The van der Waals surface area contributed by atoms with Crippen LogP contribution in [0.5, 0.6) is 5.75 Å². The zero-order valence-electron chi connectivity index (χ0n) is 7.01. The molecule has 0 fully saturated rings. The number of Topliss-reactive ketones (excluding diaryl/α,β-unsaturated/α-hetero) is 1. The van der Waals surface area contributed by atoms with E-state index in [2.05, 4.69) is 15.9 Å². The summed E-state index contributed by atoms with van der Waals surface area (Å²) in [4.78, 5) is 11.4. The Morgan fingerprint density at radius 2 is 2.31 bits per heavy atom. The van der Waals surface area contributed by atoms with Crippen molar-refractivity contribution in [3.8, 4) is 5.75 Å². The molecule has 0 spiro atoms. The van der Waals surface area contributed by atoms with E-state index < -0.39 is 0 Å². The van der Waals surface area contributed by atoms with Crippen LogP contribution in [0.1, 0.15) is 10.4 Å². The Labute approximate surface area is 90.0 Å². The van der Waals surface area contributed by atoms with Crippen molar-refractivity contribution in [2.75, 3.05) is 13.0 Å². The molecule has 0 aliphatic carbocycles. The molecule has 0 aromatic heterocycles. The molecule has 13 heavy (non-hydrogen) atoms. The van der Waals surface area contributed by atoms with Crippen molar-refractivity contribution in [1.82, 2.24) is 0 Å². The zero-order chi connectivity index (χ0) is 9.84. The maximum absolute atomic E-state index is 11.4. The second-order valence-corrected chi connectivity index (χ2v) is 3.50. The predicted octanol–water partition coefficient (Wildman–Crippen LogP) is 2.88. The van der Waals surface area contributed by atoms with E-state index in [1.54, 1.807) is 18.2 Å². The normalized spacial score (nSPS) is 9.77. The van der Waals surface area contributed by atoms with Gasteiger partial charge in [-0.3, -0.25) is 4.79 Å². The number of rotatable bonds is 3. The number of carbonyl (C=O) groups is 1. The Hall–Kier alpha value is -0.540. The maximum Gasteiger partial charge on any atom is 0.182 e. The van der Waals surface area contributed by atoms with Gasteiger partial charge in [-0.15, -0.1) is 11.6 Å². The van der Waals surface area contributed by atoms with Gasteiger partial charge >= 0.3 is 0 Å². The van der Waals surface area contributed by atoms with Crippen molar-refractivity contribution in [2.45, 2.75) is 0 Å². The van der Waals surface area contributed by atoms with E-state index in [-0.39, 0.29) is 11.7 Å². The van der Waals surface area contributed by atoms with Gasteiger partial charge in [-0.1, -0.05) is 6.07 Å². The standard InChI is InChI=1S/C9H8BrClO2/c1-13-8-4-2-3-6(10)9(8)7(12)5-11/h2-4H,5H2,1H3. The number of methoxy groups -OCH3 is 1. The van der Waals surface area contributed by atoms with Gasteiger partial charge in [-0.25, -0.2) is 0 Å². The number of carbonyl (C=O) groups excluding carboxylic acids is 1. The molecule has 1 rings (SSSR count). The van der Waals surface area contributed by atoms with Crippen LogP contribution < -0.4 is 4.74 Å². The van der Waals surface area contributed by atoms with Crippen LogP contribution in [-0.2, 0) is 0 Å². The molecule has 70 valence electrons. The number of ether oxygens (including phenoxy) is 1. The second-order valence-electron chi connectivity index (χ2n) is 2.37. The maximum atomic E-state index is 11.4. The molecule has 2 nitrogen and oxygen atoms in total. The lowest BCUT2D eigenvalue weighted by atomic mass is 10.1. The van der Waals surface area contributed by atoms with Gasteiger partial charge in [0.25, 0.3) is 0 Å². The smallest absolute Gasteiger partial charge is 0.182 e. The second kappa shape index (κ2) is 4.63. The molecule has 0 unspecified atom stereocenters. The summed E-state index contributed by atoms with van der Waals surface area (Å²) in [6.07, 6.45) is 0. The fourth-order valence-corrected chi connectivity index (χ4v) is 1.71. The molecule has 0 aliphatic rings. The summed E-state index contributed by atoms with van der Waals surface area (Å²) in [7, 11) is 1.52. The third kappa shape index (κ3) is 2.23. The molecule has 0 radical (unpaired) electrons. The van der Waals surface area contributed by atoms with Crippen molar-refractivity contribution in [3.63, 3.8) is 0 Å². The third-order valence-corrected chi connectivity index (χ3v) is 2.50. The third-order valence-electron chi connectivity index (χ3n) is 1.60. The molecule has 0 heterocycles. The van der Waals surface area contributed by atoms with Crippen LogP contribution in [0.4, 0.5) is 0 Å². The van der Waals surface area contributed by atoms with Crippen LogP contribution >= 0.6 is 27.5 Å². The fraction of sp³-hybridized carbons (Fsp3) is 0.222. The molecule has 0 bridgehead atoms. The van der Waals surface area contributed by atoms with Gasteiger partial charge in [0.15, 0.2) is 5.78 Å². The molecule has 1 aromatic carbocycles. The van der Waals surface area contributed by atoms with E-state index >= 15 is 0 Å². The van der Waals surface area contributed by atoms with Gasteiger partial charge in [0.2, 0.25) is 0 Å². The Morgan fingerprint density at radius 3 is 2.85 bits per heavy atom. The Bertz CT molecular complexity index is 325. The van der Waals surface area contributed by atoms with Gasteiger partial charge in [0, 0.05) is 4.47 Å². The summed E-state index contributed by atoms with van der Waals surface area (Å²) in [5.74, 6) is 0.352. The van der Waals surface area contributed by atoms with E-state index in [0.717, 1.165) is 0 Å². The van der Waals surface area contributed by atoms with Crippen LogP contribution in [0.15, 0.2) is 22.7 Å². The van der Waals surface area contributed by atoms with Gasteiger partial charge in [0.1, 0.15) is 5.75 Å². The molecule has 0 N–H and O–H groups in total. The summed E-state index contributed by atoms with van der Waals surface area (Å²) in [5.41, 5.74) is 0.500. The SMILES string of the molecule is COc1cccc(Br)c1C(=O)CCl. The minimum atomic E-state index is -0.147. The van der Waals surface area contributed by atoms with E-state index in [4.69, 9.17) is 16.3 Å². The zero-order valence-corrected chi connectivity index (χ0v) is 9.35. The first-order chi connectivity index (χ1) is 6.20. The lowest BCUT2D eigenvalue weighted by molar-refractivity contribution is 0.101. The van der Waals surface area contributed by atoms with E-state index in [9.17, 15) is 4.79 Å². The number of benzene rings is 1. The van der Waals surface area contributed by atoms with E-state index in [0.29, 0.717) is 15.8 Å². The quantitative estimate of drug-likeness (QED) is 0.619. The summed E-state index contributed by atoms with van der Waals surface area (Å²) in [6, 6.07) is 5.31. The molecular formula is C9H8BrClO2. The topological polar surface area (TPSA) is 26.3 Å². The number of alkyl halides is 1. The monoisotopic (exact) mass is 262 g/mol. The summed E-state index contributed by atoms with van der Waals surface area (Å²) < 4.78 is 5.75. The molecule has 0 atom stereocenters. The molecule has 0 saturated heterocycles. The number of hydrogen-bond donors (Lipinski definition) is 0. The van der Waals surface area contributed by atoms with Gasteiger partial charge in [-0.2, -0.15) is 0 Å². The van der Waals surface area contributed by atoms with Crippen molar-refractivity contribution >= 4 is 33.3 Å². The van der Waals surface area contributed by atoms with Gasteiger partial charge in [-0.05, 0) is 28.1 Å². The van der Waals surface area contributed by atoms with Gasteiger partial charge in [0.05, 0.1) is 18.6 Å². The molecule has 4 heteroatoms. The summed E-state index contributed by atoms with van der Waals surface area (Å²) in [6.45, 7) is 0. The highest BCUT2D eigenvalue weighted by Gasteiger charge is 2.14. The first-order valence-corrected chi connectivity index (χ1v) is 4.95. The fourth-order valence-electron chi connectivity index (χ4n) is 1.01. The molecule has 0 saturated carbocycles. The van der Waals surface area contributed by atoms with Gasteiger partial charge < -0.3 is 4.74 Å². The minimum Gasteiger partial charge on any atom is -0.496 e. The molecule has 0 aliphatic heterocycles. The lowest BCUT2D eigenvalue weighted by Crippen LogP contribution is -2.04. The first kappa shape index (κ1) is 10.5. The molecule has 1 aromatic rings. The number of ketones is 1. The van der Waals surface area contributed by atoms with Crippen molar-refractivity contribution < 1.29 is 9.53 Å². The molecular weight excluding hydrogens is 255 g/mol. The highest BCUT2D eigenvalue weighted by molar-refractivity contribution is 9.10. The Morgan fingerprint density at radius 1 is 1.62 bits per heavy atom. The van der Waals surface area contributed by atoms with Crippen molar-refractivity contribution in [1.29, 1.82) is 0 Å². The van der Waals surface area contributed by atoms with Crippen LogP contribution in [0.25, 0.3) is 0 Å². The summed E-state index contributed by atoms with van der Waals surface area (Å²) >= 11 is 8.73. The van der Waals surface area contributed by atoms with Crippen LogP contribution in [-0.4, -0.2) is 18.8 Å². The average Bonchev–Trinajstić information content (AvgIpc) is 2.16. The first-order valence-electron chi connectivity index (χ1n) is 3.62. The van der Waals surface area contributed by atoms with Crippen LogP contribution in [0.3, 0.4) is 0 Å². The van der Waals surface area contributed by atoms with E-state index in [1.165, 1.54) is 7.11 Å². The van der Waals surface area contributed by atoms with Crippen molar-refractivity contribution in [2.24, 2.45) is 0 Å². The largest absolute Gasteiger partial charge is 0.496 e. The summed E-state index contributed by atoms with van der Waals surface area (Å²) in [5, 5.41) is 0. The van der Waals surface area contributed by atoms with Crippen LogP contribution in [0.2, 0.25) is 0 Å². The molecule has 0 amide bonds. The van der Waals surface area contributed by atoms with Crippen molar-refractivity contribution in [3.05, 3.63) is 28.2 Å². The lowest BCUT2D eigenvalue weighted by Gasteiger charge is -2.07. The van der Waals surface area contributed by atoms with E-state index in [1.807, 2.05) is 0 Å². The minimum absolute atomic E-state index is 0.0427. The Kier molecular flexibility index (Phi) is 3.75. The number of halogens is 2. The highest BCUT2D eigenvalue weighted by Crippen LogP contribution is 2.27. The number of hydrogen-bond acceptors (Lipinski definition) is 2. The highest BCUT2D eigenvalue weighted by atomic mass is 79.9. The Balaban J connectivity index is 3.22. The predicted molar refractivity (Wildman–Crippen MR) is 55.7 cm³/mol. The average molecular weight is 264 g/mol.